The largest absolute Gasteiger partial charge is 0.310 e. The van der Waals surface area contributed by atoms with Crippen molar-refractivity contribution >= 4 is 29.1 Å². The van der Waals surface area contributed by atoms with E-state index in [0.29, 0.717) is 6.54 Å². The van der Waals surface area contributed by atoms with Gasteiger partial charge in [0.05, 0.1) is 6.54 Å². The fraction of sp³-hybridized carbons (Fsp3) is 0.438. The first kappa shape index (κ1) is 15.4. The van der Waals surface area contributed by atoms with Crippen molar-refractivity contribution in [2.24, 2.45) is 0 Å². The maximum atomic E-state index is 12.5. The number of hydrogen-bond acceptors (Lipinski definition) is 1. The van der Waals surface area contributed by atoms with Crippen LogP contribution in [0, 0.1) is 0 Å². The number of halogens is 2. The molecule has 20 heavy (non-hydrogen) atoms. The van der Waals surface area contributed by atoms with E-state index in [1.54, 1.807) is 4.90 Å². The second-order valence-corrected chi connectivity index (χ2v) is 6.91. The standard InChI is InChI=1S/C16H19Cl2NO/c1-16(17,18)15(20)19(14-10-6-3-7-11-14)12-13-8-4-2-5-9-13/h2,4-5,8-10H,3,6-7,11-12H2,1H3. The summed E-state index contributed by atoms with van der Waals surface area (Å²) in [5.74, 6) is -0.252. The van der Waals surface area contributed by atoms with Gasteiger partial charge in [0.2, 0.25) is 0 Å². The van der Waals surface area contributed by atoms with E-state index in [1.165, 1.54) is 13.3 Å². The number of hydrogen-bond donors (Lipinski definition) is 0. The van der Waals surface area contributed by atoms with Gasteiger partial charge in [-0.2, -0.15) is 0 Å². The molecule has 1 amide bonds. The van der Waals surface area contributed by atoms with Crippen molar-refractivity contribution in [3.63, 3.8) is 0 Å². The molecule has 0 aliphatic heterocycles. The van der Waals surface area contributed by atoms with E-state index in [9.17, 15) is 4.79 Å². The summed E-state index contributed by atoms with van der Waals surface area (Å²) in [6.45, 7) is 2.04. The minimum Gasteiger partial charge on any atom is -0.310 e. The molecule has 0 N–H and O–H groups in total. The normalized spacial score (nSPS) is 15.7. The summed E-state index contributed by atoms with van der Waals surface area (Å²) in [4.78, 5) is 14.2. The van der Waals surface area contributed by atoms with E-state index in [4.69, 9.17) is 23.2 Å². The van der Waals surface area contributed by atoms with Gasteiger partial charge in [-0.3, -0.25) is 4.79 Å². The number of allylic oxidation sites excluding steroid dienone is 2. The van der Waals surface area contributed by atoms with Crippen LogP contribution in [0.2, 0.25) is 0 Å². The second-order valence-electron chi connectivity index (χ2n) is 5.21. The molecule has 0 bridgehead atoms. The molecule has 1 aromatic rings. The lowest BCUT2D eigenvalue weighted by Gasteiger charge is -2.31. The summed E-state index contributed by atoms with van der Waals surface area (Å²) in [5.41, 5.74) is 2.11. The summed E-state index contributed by atoms with van der Waals surface area (Å²) in [6.07, 6.45) is 6.32. The first-order valence-corrected chi connectivity index (χ1v) is 7.67. The van der Waals surface area contributed by atoms with Gasteiger partial charge < -0.3 is 4.90 Å². The van der Waals surface area contributed by atoms with Gasteiger partial charge >= 0.3 is 0 Å². The van der Waals surface area contributed by atoms with Crippen molar-refractivity contribution in [3.05, 3.63) is 47.7 Å². The van der Waals surface area contributed by atoms with Gasteiger partial charge in [0.1, 0.15) is 0 Å². The SMILES string of the molecule is CC(Cl)(Cl)C(=O)N(Cc1ccccc1)C1=CCCCC1. The van der Waals surface area contributed by atoms with Crippen LogP contribution in [0.25, 0.3) is 0 Å². The van der Waals surface area contributed by atoms with E-state index in [2.05, 4.69) is 6.08 Å². The Morgan fingerprint density at radius 2 is 1.95 bits per heavy atom. The first-order valence-electron chi connectivity index (χ1n) is 6.91. The lowest BCUT2D eigenvalue weighted by Crippen LogP contribution is -2.40. The molecule has 2 rings (SSSR count). The number of nitrogens with zero attached hydrogens (tertiary/aromatic N) is 1. The highest BCUT2D eigenvalue weighted by atomic mass is 35.5. The summed E-state index contributed by atoms with van der Waals surface area (Å²) >= 11 is 12.0. The smallest absolute Gasteiger partial charge is 0.263 e. The number of carbonyl (C=O) groups is 1. The summed E-state index contributed by atoms with van der Waals surface area (Å²) in [5, 5.41) is 0. The Balaban J connectivity index is 2.24. The van der Waals surface area contributed by atoms with Crippen molar-refractivity contribution in [3.8, 4) is 0 Å². The molecule has 1 aliphatic carbocycles. The molecule has 0 saturated heterocycles. The third kappa shape index (κ3) is 4.00. The molecule has 2 nitrogen and oxygen atoms in total. The van der Waals surface area contributed by atoms with E-state index in [0.717, 1.165) is 30.5 Å². The third-order valence-corrected chi connectivity index (χ3v) is 3.74. The molecule has 4 heteroatoms. The van der Waals surface area contributed by atoms with Crippen molar-refractivity contribution in [1.82, 2.24) is 4.90 Å². The zero-order valence-electron chi connectivity index (χ0n) is 11.6. The van der Waals surface area contributed by atoms with E-state index >= 15 is 0 Å². The summed E-state index contributed by atoms with van der Waals surface area (Å²) in [6, 6.07) is 9.90. The van der Waals surface area contributed by atoms with Crippen molar-refractivity contribution in [2.75, 3.05) is 0 Å². The Morgan fingerprint density at radius 3 is 2.50 bits per heavy atom. The topological polar surface area (TPSA) is 20.3 Å². The average Bonchev–Trinajstić information content (AvgIpc) is 2.45. The molecule has 0 fully saturated rings. The van der Waals surface area contributed by atoms with Crippen molar-refractivity contribution in [2.45, 2.75) is 43.5 Å². The zero-order valence-corrected chi connectivity index (χ0v) is 13.1. The fourth-order valence-corrected chi connectivity index (χ4v) is 2.58. The summed E-state index contributed by atoms with van der Waals surface area (Å²) < 4.78 is -1.40. The number of alkyl halides is 2. The average molecular weight is 312 g/mol. The molecule has 1 aliphatic rings. The van der Waals surface area contributed by atoms with Crippen LogP contribution >= 0.6 is 23.2 Å². The van der Waals surface area contributed by atoms with Gasteiger partial charge in [0, 0.05) is 5.70 Å². The predicted molar refractivity (Wildman–Crippen MR) is 83.7 cm³/mol. The number of carbonyl (C=O) groups excluding carboxylic acids is 1. The molecule has 0 spiro atoms. The minimum atomic E-state index is -1.40. The third-order valence-electron chi connectivity index (χ3n) is 3.42. The Kier molecular flexibility index (Phi) is 5.11. The molecular formula is C16H19Cl2NO. The monoisotopic (exact) mass is 311 g/mol. The number of amides is 1. The van der Waals surface area contributed by atoms with Gasteiger partial charge in [-0.1, -0.05) is 59.6 Å². The minimum absolute atomic E-state index is 0.252. The van der Waals surface area contributed by atoms with Gasteiger partial charge in [-0.05, 0) is 38.2 Å². The molecule has 1 aromatic carbocycles. The molecule has 0 aromatic heterocycles. The molecular weight excluding hydrogens is 293 g/mol. The van der Waals surface area contributed by atoms with Crippen molar-refractivity contribution in [1.29, 1.82) is 0 Å². The van der Waals surface area contributed by atoms with Crippen LogP contribution in [0.4, 0.5) is 0 Å². The molecule has 0 saturated carbocycles. The Hall–Kier alpha value is -0.990. The molecule has 0 radical (unpaired) electrons. The Morgan fingerprint density at radius 1 is 1.25 bits per heavy atom. The Bertz CT molecular complexity index is 491. The van der Waals surface area contributed by atoms with Gasteiger partial charge in [0.15, 0.2) is 4.33 Å². The maximum absolute atomic E-state index is 12.5. The van der Waals surface area contributed by atoms with Gasteiger partial charge in [-0.15, -0.1) is 0 Å². The quantitative estimate of drug-likeness (QED) is 0.740. The van der Waals surface area contributed by atoms with Crippen molar-refractivity contribution < 1.29 is 4.79 Å². The summed E-state index contributed by atoms with van der Waals surface area (Å²) in [7, 11) is 0. The van der Waals surface area contributed by atoms with E-state index in [1.807, 2.05) is 30.3 Å². The molecule has 0 unspecified atom stereocenters. The lowest BCUT2D eigenvalue weighted by atomic mass is 10.0. The zero-order chi connectivity index (χ0) is 14.6. The van der Waals surface area contributed by atoms with Crippen LogP contribution in [0.1, 0.15) is 38.2 Å². The van der Waals surface area contributed by atoms with Gasteiger partial charge in [-0.25, -0.2) is 0 Å². The van der Waals surface area contributed by atoms with Crippen LogP contribution in [0.15, 0.2) is 42.1 Å². The highest BCUT2D eigenvalue weighted by Gasteiger charge is 2.34. The molecule has 108 valence electrons. The van der Waals surface area contributed by atoms with E-state index < -0.39 is 4.33 Å². The van der Waals surface area contributed by atoms with Crippen LogP contribution in [-0.4, -0.2) is 15.1 Å². The first-order chi connectivity index (χ1) is 9.48. The van der Waals surface area contributed by atoms with Crippen LogP contribution in [0.3, 0.4) is 0 Å². The second kappa shape index (κ2) is 6.64. The molecule has 0 heterocycles. The van der Waals surface area contributed by atoms with Gasteiger partial charge in [0.25, 0.3) is 5.91 Å². The van der Waals surface area contributed by atoms with Crippen LogP contribution in [-0.2, 0) is 11.3 Å². The fourth-order valence-electron chi connectivity index (χ4n) is 2.37. The highest BCUT2D eigenvalue weighted by Crippen LogP contribution is 2.29. The highest BCUT2D eigenvalue weighted by molar-refractivity contribution is 6.57. The maximum Gasteiger partial charge on any atom is 0.263 e. The molecule has 0 atom stereocenters. The number of benzene rings is 1. The van der Waals surface area contributed by atoms with Crippen LogP contribution < -0.4 is 0 Å². The lowest BCUT2D eigenvalue weighted by molar-refractivity contribution is -0.130. The van der Waals surface area contributed by atoms with Crippen LogP contribution in [0.5, 0.6) is 0 Å². The Labute approximate surface area is 130 Å². The predicted octanol–water partition coefficient (Wildman–Crippen LogP) is 4.67. The van der Waals surface area contributed by atoms with E-state index in [-0.39, 0.29) is 5.91 Å². The number of rotatable bonds is 4.